The van der Waals surface area contributed by atoms with Gasteiger partial charge < -0.3 is 21.4 Å². The van der Waals surface area contributed by atoms with Crippen LogP contribution in [0.3, 0.4) is 0 Å². The Bertz CT molecular complexity index is 1570. The second-order valence-corrected chi connectivity index (χ2v) is 11.2. The maximum absolute atomic E-state index is 12.8. The summed E-state index contributed by atoms with van der Waals surface area (Å²) in [4.78, 5) is 32.4. The van der Waals surface area contributed by atoms with E-state index in [0.29, 0.717) is 30.1 Å². The summed E-state index contributed by atoms with van der Waals surface area (Å²) in [5, 5.41) is 6.57. The van der Waals surface area contributed by atoms with Crippen LogP contribution in [0.5, 0.6) is 0 Å². The van der Waals surface area contributed by atoms with Crippen LogP contribution in [-0.4, -0.2) is 51.6 Å². The van der Waals surface area contributed by atoms with Crippen LogP contribution in [0.4, 0.5) is 0 Å². The number of benzene rings is 2. The number of imidazole rings is 1. The number of carbonyl (C=O) groups is 1. The first kappa shape index (κ1) is 30.1. The first-order chi connectivity index (χ1) is 20.9. The van der Waals surface area contributed by atoms with E-state index >= 15 is 0 Å². The number of fused-ring (bicyclic) bond motifs is 2. The van der Waals surface area contributed by atoms with Gasteiger partial charge in [-0.25, -0.2) is 4.98 Å². The summed E-state index contributed by atoms with van der Waals surface area (Å²) >= 11 is 0. The Kier molecular flexibility index (Phi) is 9.96. The number of hydrogen-bond acceptors (Lipinski definition) is 7. The smallest absolute Gasteiger partial charge is 0.255 e. The molecule has 2 aromatic heterocycles. The average molecular weight is 579 g/mol. The molecule has 1 aliphatic rings. The summed E-state index contributed by atoms with van der Waals surface area (Å²) in [5.74, 6) is 0.735. The van der Waals surface area contributed by atoms with Gasteiger partial charge in [0, 0.05) is 50.8 Å². The topological polar surface area (TPSA) is 124 Å². The zero-order valence-corrected chi connectivity index (χ0v) is 25.4. The van der Waals surface area contributed by atoms with Crippen molar-refractivity contribution in [3.8, 4) is 0 Å². The van der Waals surface area contributed by atoms with Gasteiger partial charge in [-0.3, -0.25) is 19.7 Å². The van der Waals surface area contributed by atoms with Gasteiger partial charge >= 0.3 is 0 Å². The summed E-state index contributed by atoms with van der Waals surface area (Å²) < 4.78 is 0. The van der Waals surface area contributed by atoms with Crippen molar-refractivity contribution < 1.29 is 4.79 Å². The first-order valence-electron chi connectivity index (χ1n) is 15.0. The fraction of sp³-hybridized carbons (Fsp3) is 0.353. The second kappa shape index (κ2) is 14.2. The summed E-state index contributed by atoms with van der Waals surface area (Å²) in [7, 11) is 1.66. The fourth-order valence-electron chi connectivity index (χ4n) is 5.81. The van der Waals surface area contributed by atoms with Gasteiger partial charge in [0.1, 0.15) is 5.82 Å². The number of pyridine rings is 1. The zero-order chi connectivity index (χ0) is 30.2. The summed E-state index contributed by atoms with van der Waals surface area (Å²) in [6, 6.07) is 21.1. The minimum atomic E-state index is -0.211. The summed E-state index contributed by atoms with van der Waals surface area (Å²) in [6.45, 7) is 7.14. The number of nitrogens with one attached hydrogen (secondary N) is 3. The number of nitrogens with zero attached hydrogens (tertiary/aromatic N) is 4. The van der Waals surface area contributed by atoms with Gasteiger partial charge in [0.2, 0.25) is 0 Å². The molecule has 2 aromatic carbocycles. The number of aliphatic imine (C=N–C) groups is 1. The van der Waals surface area contributed by atoms with E-state index in [0.717, 1.165) is 61.3 Å². The highest BCUT2D eigenvalue weighted by atomic mass is 16.1. The Morgan fingerprint density at radius 3 is 2.63 bits per heavy atom. The number of nitrogens with two attached hydrogens (primary N) is 1. The van der Waals surface area contributed by atoms with E-state index in [2.05, 4.69) is 61.9 Å². The van der Waals surface area contributed by atoms with Crippen LogP contribution in [0.2, 0.25) is 0 Å². The molecule has 2 heterocycles. The monoisotopic (exact) mass is 578 g/mol. The van der Waals surface area contributed by atoms with Crippen molar-refractivity contribution >= 4 is 22.7 Å². The minimum Gasteiger partial charge on any atom is -0.402 e. The molecule has 0 aliphatic heterocycles. The highest BCUT2D eigenvalue weighted by molar-refractivity contribution is 6.21. The first-order valence-corrected chi connectivity index (χ1v) is 15.0. The number of H-pyrrole nitrogens is 1. The highest BCUT2D eigenvalue weighted by Crippen LogP contribution is 2.33. The van der Waals surface area contributed by atoms with Crippen LogP contribution in [0, 0.1) is 0 Å². The lowest BCUT2D eigenvalue weighted by atomic mass is 9.90. The predicted octanol–water partition coefficient (Wildman–Crippen LogP) is 4.57. The summed E-state index contributed by atoms with van der Waals surface area (Å²) in [5.41, 5.74) is 14.3. The Balaban J connectivity index is 1.24. The van der Waals surface area contributed by atoms with Crippen molar-refractivity contribution in [1.29, 1.82) is 0 Å². The highest BCUT2D eigenvalue weighted by Gasteiger charge is 2.27. The number of para-hydroxylation sites is 2. The fourth-order valence-corrected chi connectivity index (χ4v) is 5.81. The molecular weight excluding hydrogens is 536 g/mol. The van der Waals surface area contributed by atoms with Crippen molar-refractivity contribution in [2.45, 2.75) is 58.8 Å². The molecule has 0 bridgehead atoms. The van der Waals surface area contributed by atoms with Crippen molar-refractivity contribution in [3.63, 3.8) is 0 Å². The van der Waals surface area contributed by atoms with Gasteiger partial charge in [0.05, 0.1) is 34.9 Å². The molecule has 9 nitrogen and oxygen atoms in total. The lowest BCUT2D eigenvalue weighted by Crippen LogP contribution is -2.36. The van der Waals surface area contributed by atoms with E-state index in [1.165, 1.54) is 16.8 Å². The van der Waals surface area contributed by atoms with E-state index in [1.54, 1.807) is 20.9 Å². The maximum Gasteiger partial charge on any atom is 0.255 e. The zero-order valence-electron chi connectivity index (χ0n) is 25.4. The van der Waals surface area contributed by atoms with Crippen LogP contribution < -0.4 is 16.4 Å². The van der Waals surface area contributed by atoms with E-state index in [1.807, 2.05) is 30.5 Å². The predicted molar refractivity (Wildman–Crippen MR) is 172 cm³/mol. The Morgan fingerprint density at radius 2 is 1.86 bits per heavy atom. The number of aromatic nitrogens is 3. The number of carbonyl (C=O) groups excluding carboxylic acids is 1. The maximum atomic E-state index is 12.8. The van der Waals surface area contributed by atoms with Crippen LogP contribution in [0.15, 0.2) is 83.1 Å². The number of rotatable bonds is 12. The van der Waals surface area contributed by atoms with Gasteiger partial charge in [0.15, 0.2) is 0 Å². The molecule has 1 aliphatic carbocycles. The minimum absolute atomic E-state index is 0.211. The molecular formula is C34H42N8O. The normalized spacial score (nSPS) is 15.8. The van der Waals surface area contributed by atoms with Crippen LogP contribution in [0.25, 0.3) is 11.0 Å². The van der Waals surface area contributed by atoms with E-state index < -0.39 is 0 Å². The molecule has 1 atom stereocenters. The number of hydrogen-bond donors (Lipinski definition) is 4. The number of aryl methyl sites for hydroxylation is 1. The lowest BCUT2D eigenvalue weighted by molar-refractivity contribution is -0.117. The molecule has 224 valence electrons. The second-order valence-electron chi connectivity index (χ2n) is 11.2. The third kappa shape index (κ3) is 7.55. The van der Waals surface area contributed by atoms with Crippen molar-refractivity contribution in [2.24, 2.45) is 10.7 Å². The van der Waals surface area contributed by atoms with Crippen LogP contribution >= 0.6 is 0 Å². The summed E-state index contributed by atoms with van der Waals surface area (Å²) in [6.07, 6.45) is 5.25. The standard InChI is InChI=1S/C34H42N8O/c1-23(35)32(24(2)36-3)34(43)39-20-25-13-15-26(16-14-25)22-42(30-12-6-8-27-9-7-17-38-33(27)30)19-18-37-21-31-40-28-10-4-5-11-29(28)41-31/h4-5,7,9-11,13-17,30,37H,6,8,12,18-22,35H2,1-3H3,(H,39,43)(H,40,41). The van der Waals surface area contributed by atoms with E-state index in [4.69, 9.17) is 15.7 Å². The Morgan fingerprint density at radius 1 is 1.07 bits per heavy atom. The molecule has 0 radical (unpaired) electrons. The number of aromatic amines is 1. The van der Waals surface area contributed by atoms with Crippen molar-refractivity contribution in [1.82, 2.24) is 30.5 Å². The number of allylic oxidation sites excluding steroid dienone is 1. The Hall–Kier alpha value is -4.34. The van der Waals surface area contributed by atoms with E-state index in [-0.39, 0.29) is 11.9 Å². The molecule has 9 heteroatoms. The SMILES string of the molecule is CN=C(C)C(C(=O)NCc1ccc(CN(CCNCc2nc3ccccc3[nH]2)C2CCCc3cccnc32)cc1)=C(C)N. The molecule has 4 aromatic rings. The third-order valence-electron chi connectivity index (χ3n) is 8.09. The quantitative estimate of drug-likeness (QED) is 0.111. The van der Waals surface area contributed by atoms with Gasteiger partial charge in [-0.15, -0.1) is 0 Å². The average Bonchev–Trinajstić information content (AvgIpc) is 3.44. The van der Waals surface area contributed by atoms with Crippen LogP contribution in [-0.2, 0) is 30.8 Å². The third-order valence-corrected chi connectivity index (χ3v) is 8.09. The van der Waals surface area contributed by atoms with Crippen LogP contribution in [0.1, 0.15) is 60.9 Å². The lowest BCUT2D eigenvalue weighted by Gasteiger charge is -2.35. The van der Waals surface area contributed by atoms with Gasteiger partial charge in [-0.2, -0.15) is 0 Å². The molecule has 1 unspecified atom stereocenters. The van der Waals surface area contributed by atoms with E-state index in [9.17, 15) is 4.79 Å². The molecule has 0 fully saturated rings. The molecule has 1 amide bonds. The molecule has 5 N–H and O–H groups in total. The van der Waals surface area contributed by atoms with Gasteiger partial charge in [0.25, 0.3) is 5.91 Å². The molecule has 0 spiro atoms. The number of amides is 1. The van der Waals surface area contributed by atoms with Gasteiger partial charge in [-0.05, 0) is 68.0 Å². The molecule has 0 saturated carbocycles. The molecule has 5 rings (SSSR count). The van der Waals surface area contributed by atoms with Crippen molar-refractivity contribution in [2.75, 3.05) is 20.1 Å². The van der Waals surface area contributed by atoms with Crippen molar-refractivity contribution in [3.05, 3.63) is 106 Å². The van der Waals surface area contributed by atoms with Gasteiger partial charge in [-0.1, -0.05) is 42.5 Å². The Labute approximate surface area is 253 Å². The molecule has 43 heavy (non-hydrogen) atoms. The largest absolute Gasteiger partial charge is 0.402 e. The molecule has 0 saturated heterocycles.